The summed E-state index contributed by atoms with van der Waals surface area (Å²) in [6.07, 6.45) is 4.25. The van der Waals surface area contributed by atoms with Crippen LogP contribution in [-0.4, -0.2) is 11.0 Å². The summed E-state index contributed by atoms with van der Waals surface area (Å²) in [6, 6.07) is 11.2. The number of pyridine rings is 1. The van der Waals surface area contributed by atoms with Crippen molar-refractivity contribution in [2.45, 2.75) is 31.7 Å². The largest absolute Gasteiger partial charge is 0.381 e. The highest BCUT2D eigenvalue weighted by molar-refractivity contribution is 9.10. The minimum atomic E-state index is 0.550. The van der Waals surface area contributed by atoms with Gasteiger partial charge in [0.05, 0.1) is 11.9 Å². The second-order valence-corrected chi connectivity index (χ2v) is 6.97. The molecule has 0 aliphatic heterocycles. The number of anilines is 1. The van der Waals surface area contributed by atoms with Gasteiger partial charge >= 0.3 is 0 Å². The van der Waals surface area contributed by atoms with E-state index in [0.717, 1.165) is 15.9 Å². The Morgan fingerprint density at radius 1 is 1.20 bits per heavy atom. The first kappa shape index (κ1) is 14.1. The van der Waals surface area contributed by atoms with Crippen molar-refractivity contribution in [1.29, 1.82) is 0 Å². The van der Waals surface area contributed by atoms with E-state index in [4.69, 9.17) is 0 Å². The number of hydrogen-bond donors (Lipinski definition) is 1. The highest BCUT2D eigenvalue weighted by Gasteiger charge is 2.31. The summed E-state index contributed by atoms with van der Waals surface area (Å²) in [5, 5.41) is 3.57. The molecule has 1 fully saturated rings. The van der Waals surface area contributed by atoms with Crippen molar-refractivity contribution in [1.82, 2.24) is 4.98 Å². The zero-order chi connectivity index (χ0) is 14.1. The molecule has 2 nitrogen and oxygen atoms in total. The number of aryl methyl sites for hydroxylation is 1. The van der Waals surface area contributed by atoms with Gasteiger partial charge in [-0.1, -0.05) is 34.1 Å². The normalized spacial score (nSPS) is 21.4. The van der Waals surface area contributed by atoms with Crippen LogP contribution in [0.1, 0.15) is 29.9 Å². The van der Waals surface area contributed by atoms with Gasteiger partial charge in [-0.3, -0.25) is 0 Å². The van der Waals surface area contributed by atoms with Crippen LogP contribution in [0.2, 0.25) is 0 Å². The Hall–Kier alpha value is -0.870. The first-order valence-corrected chi connectivity index (χ1v) is 8.35. The molecule has 0 radical (unpaired) electrons. The molecule has 1 aliphatic rings. The second kappa shape index (κ2) is 5.86. The maximum atomic E-state index is 4.33. The fourth-order valence-electron chi connectivity index (χ4n) is 2.67. The van der Waals surface area contributed by atoms with E-state index in [2.05, 4.69) is 79.4 Å². The molecule has 0 bridgehead atoms. The quantitative estimate of drug-likeness (QED) is 0.715. The molecule has 0 atom stereocenters. The van der Waals surface area contributed by atoms with Crippen molar-refractivity contribution in [2.24, 2.45) is 0 Å². The van der Waals surface area contributed by atoms with Crippen molar-refractivity contribution in [3.63, 3.8) is 0 Å². The smallest absolute Gasteiger partial charge is 0.109 e. The molecule has 20 heavy (non-hydrogen) atoms. The highest BCUT2D eigenvalue weighted by atomic mass is 79.9. The molecule has 0 spiro atoms. The molecule has 0 saturated heterocycles. The van der Waals surface area contributed by atoms with Crippen molar-refractivity contribution >= 4 is 37.5 Å². The molecule has 1 aromatic heterocycles. The van der Waals surface area contributed by atoms with E-state index in [-0.39, 0.29) is 0 Å². The fraction of sp³-hybridized carbons (Fsp3) is 0.312. The summed E-state index contributed by atoms with van der Waals surface area (Å²) in [6.45, 7) is 2.06. The van der Waals surface area contributed by atoms with Crippen molar-refractivity contribution < 1.29 is 0 Å². The maximum absolute atomic E-state index is 4.33. The Morgan fingerprint density at radius 2 is 1.95 bits per heavy atom. The van der Waals surface area contributed by atoms with Gasteiger partial charge in [-0.05, 0) is 64.9 Å². The van der Waals surface area contributed by atoms with Crippen LogP contribution < -0.4 is 5.32 Å². The van der Waals surface area contributed by atoms with Crippen LogP contribution in [-0.2, 0) is 0 Å². The number of nitrogens with one attached hydrogen (secondary N) is 1. The average molecular weight is 396 g/mol. The van der Waals surface area contributed by atoms with Gasteiger partial charge in [0, 0.05) is 10.5 Å². The van der Waals surface area contributed by atoms with Gasteiger partial charge in [-0.15, -0.1) is 0 Å². The molecular formula is C16H16Br2N2. The lowest BCUT2D eigenvalue weighted by molar-refractivity contribution is 0.373. The number of hydrogen-bond acceptors (Lipinski definition) is 2. The minimum absolute atomic E-state index is 0.550. The monoisotopic (exact) mass is 394 g/mol. The molecule has 4 heteroatoms. The van der Waals surface area contributed by atoms with Gasteiger partial charge in [-0.25, -0.2) is 4.98 Å². The lowest BCUT2D eigenvalue weighted by Crippen LogP contribution is -2.34. The van der Waals surface area contributed by atoms with Crippen LogP contribution in [0.5, 0.6) is 0 Å². The topological polar surface area (TPSA) is 24.9 Å². The molecule has 1 heterocycles. The van der Waals surface area contributed by atoms with E-state index >= 15 is 0 Å². The van der Waals surface area contributed by atoms with Crippen molar-refractivity contribution in [3.05, 3.63) is 56.7 Å². The first-order valence-electron chi connectivity index (χ1n) is 6.76. The summed E-state index contributed by atoms with van der Waals surface area (Å²) in [5.74, 6) is 0.660. The van der Waals surface area contributed by atoms with E-state index in [0.29, 0.717) is 12.0 Å². The molecule has 1 aliphatic carbocycles. The molecule has 1 N–H and O–H groups in total. The van der Waals surface area contributed by atoms with E-state index < -0.39 is 0 Å². The summed E-state index contributed by atoms with van der Waals surface area (Å²) in [5.41, 5.74) is 3.70. The van der Waals surface area contributed by atoms with Crippen LogP contribution in [0.25, 0.3) is 0 Å². The average Bonchev–Trinajstić information content (AvgIpc) is 2.39. The van der Waals surface area contributed by atoms with Gasteiger partial charge in [0.2, 0.25) is 0 Å². The lowest BCUT2D eigenvalue weighted by atomic mass is 9.76. The van der Waals surface area contributed by atoms with Gasteiger partial charge < -0.3 is 5.32 Å². The third-order valence-corrected chi connectivity index (χ3v) is 5.42. The molecule has 0 unspecified atom stereocenters. The zero-order valence-electron chi connectivity index (χ0n) is 11.2. The summed E-state index contributed by atoms with van der Waals surface area (Å²) < 4.78 is 2.15. The number of aromatic nitrogens is 1. The van der Waals surface area contributed by atoms with Crippen LogP contribution in [0.15, 0.2) is 45.6 Å². The molecule has 104 valence electrons. The molecule has 3 rings (SSSR count). The lowest BCUT2D eigenvalue weighted by Gasteiger charge is -2.37. The van der Waals surface area contributed by atoms with Gasteiger partial charge in [0.1, 0.15) is 4.60 Å². The van der Waals surface area contributed by atoms with E-state index in [1.54, 1.807) is 0 Å². The Labute approximate surface area is 136 Å². The fourth-order valence-corrected chi connectivity index (χ4v) is 3.49. The van der Waals surface area contributed by atoms with Gasteiger partial charge in [0.15, 0.2) is 0 Å². The van der Waals surface area contributed by atoms with Gasteiger partial charge in [0.25, 0.3) is 0 Å². The Kier molecular flexibility index (Phi) is 4.13. The minimum Gasteiger partial charge on any atom is -0.381 e. The standard InChI is InChI=1S/C16H16Br2N2/c1-10-6-13(9-19-16(10)18)20-12-7-11(8-12)14-4-2-3-5-15(14)17/h2-6,9,11-12,20H,7-8H2,1H3. The first-order chi connectivity index (χ1) is 9.63. The second-order valence-electron chi connectivity index (χ2n) is 5.36. The summed E-state index contributed by atoms with van der Waals surface area (Å²) in [7, 11) is 0. The van der Waals surface area contributed by atoms with Gasteiger partial charge in [-0.2, -0.15) is 0 Å². The van der Waals surface area contributed by atoms with Crippen LogP contribution in [0.4, 0.5) is 5.69 Å². The van der Waals surface area contributed by atoms with E-state index in [1.165, 1.54) is 22.9 Å². The Bertz CT molecular complexity index is 622. The third-order valence-electron chi connectivity index (χ3n) is 3.87. The van der Waals surface area contributed by atoms with Crippen LogP contribution in [0.3, 0.4) is 0 Å². The molecule has 0 amide bonds. The number of halogens is 2. The molecular weight excluding hydrogens is 380 g/mol. The van der Waals surface area contributed by atoms with E-state index in [9.17, 15) is 0 Å². The number of nitrogens with zero attached hydrogens (tertiary/aromatic N) is 1. The van der Waals surface area contributed by atoms with E-state index in [1.807, 2.05) is 6.20 Å². The Morgan fingerprint density at radius 3 is 2.65 bits per heavy atom. The van der Waals surface area contributed by atoms with Crippen molar-refractivity contribution in [2.75, 3.05) is 5.32 Å². The predicted octanol–water partition coefficient (Wildman–Crippen LogP) is 5.27. The molecule has 2 aromatic rings. The number of rotatable bonds is 3. The number of benzene rings is 1. The SMILES string of the molecule is Cc1cc(NC2CC(c3ccccc3Br)C2)cnc1Br. The summed E-state index contributed by atoms with van der Waals surface area (Å²) >= 11 is 7.07. The highest BCUT2D eigenvalue weighted by Crippen LogP contribution is 2.41. The Balaban J connectivity index is 1.61. The molecule has 1 aromatic carbocycles. The zero-order valence-corrected chi connectivity index (χ0v) is 14.4. The van der Waals surface area contributed by atoms with Crippen molar-refractivity contribution in [3.8, 4) is 0 Å². The maximum Gasteiger partial charge on any atom is 0.109 e. The molecule has 1 saturated carbocycles. The summed E-state index contributed by atoms with van der Waals surface area (Å²) in [4.78, 5) is 4.33. The third kappa shape index (κ3) is 2.91. The van der Waals surface area contributed by atoms with Crippen LogP contribution in [0, 0.1) is 6.92 Å². The predicted molar refractivity (Wildman–Crippen MR) is 90.2 cm³/mol. The van der Waals surface area contributed by atoms with Crippen LogP contribution >= 0.6 is 31.9 Å².